The highest BCUT2D eigenvalue weighted by molar-refractivity contribution is 5.28. The molecule has 0 amide bonds. The van der Waals surface area contributed by atoms with Gasteiger partial charge in [0.1, 0.15) is 0 Å². The van der Waals surface area contributed by atoms with E-state index in [0.29, 0.717) is 12.1 Å². The van der Waals surface area contributed by atoms with E-state index < -0.39 is 0 Å². The van der Waals surface area contributed by atoms with Crippen molar-refractivity contribution in [2.45, 2.75) is 65.1 Å². The molecule has 0 fully saturated rings. The second-order valence-electron chi connectivity index (χ2n) is 6.35. The van der Waals surface area contributed by atoms with Crippen LogP contribution >= 0.6 is 0 Å². The van der Waals surface area contributed by atoms with E-state index >= 15 is 0 Å². The van der Waals surface area contributed by atoms with Crippen LogP contribution in [-0.4, -0.2) is 30.1 Å². The van der Waals surface area contributed by atoms with Crippen molar-refractivity contribution in [1.29, 1.82) is 0 Å². The van der Waals surface area contributed by atoms with Crippen LogP contribution in [0.3, 0.4) is 0 Å². The maximum Gasteiger partial charge on any atom is 0.0239 e. The Balaban J connectivity index is 2.05. The van der Waals surface area contributed by atoms with Crippen molar-refractivity contribution >= 4 is 0 Å². The van der Waals surface area contributed by atoms with Crippen molar-refractivity contribution in [3.8, 4) is 0 Å². The van der Waals surface area contributed by atoms with Gasteiger partial charge in [0.05, 0.1) is 0 Å². The van der Waals surface area contributed by atoms with Gasteiger partial charge >= 0.3 is 0 Å². The summed E-state index contributed by atoms with van der Waals surface area (Å²) in [7, 11) is 0. The summed E-state index contributed by atoms with van der Waals surface area (Å²) >= 11 is 0. The third-order valence-electron chi connectivity index (χ3n) is 4.28. The third-order valence-corrected chi connectivity index (χ3v) is 4.28. The summed E-state index contributed by atoms with van der Waals surface area (Å²) in [6.07, 6.45) is 5.09. The Morgan fingerprint density at radius 2 is 1.95 bits per heavy atom. The molecule has 0 aromatic heterocycles. The molecular formula is C18H30N2. The van der Waals surface area contributed by atoms with Gasteiger partial charge in [-0.3, -0.25) is 4.90 Å². The SMILES string of the molecule is CCCC(CNC(C)C)N1CCCc2ccccc2C1. The molecule has 0 bridgehead atoms. The van der Waals surface area contributed by atoms with E-state index in [4.69, 9.17) is 0 Å². The number of nitrogens with zero attached hydrogens (tertiary/aromatic N) is 1. The summed E-state index contributed by atoms with van der Waals surface area (Å²) in [4.78, 5) is 2.70. The van der Waals surface area contributed by atoms with E-state index in [0.717, 1.165) is 13.1 Å². The Hall–Kier alpha value is -0.860. The number of rotatable bonds is 6. The molecule has 0 radical (unpaired) electrons. The molecule has 2 heteroatoms. The quantitative estimate of drug-likeness (QED) is 0.852. The molecule has 1 unspecified atom stereocenters. The van der Waals surface area contributed by atoms with Crippen LogP contribution in [-0.2, 0) is 13.0 Å². The van der Waals surface area contributed by atoms with Crippen molar-refractivity contribution in [1.82, 2.24) is 10.2 Å². The van der Waals surface area contributed by atoms with Gasteiger partial charge in [0.25, 0.3) is 0 Å². The zero-order chi connectivity index (χ0) is 14.4. The van der Waals surface area contributed by atoms with Crippen LogP contribution in [0.2, 0.25) is 0 Å². The van der Waals surface area contributed by atoms with Crippen molar-refractivity contribution in [2.75, 3.05) is 13.1 Å². The van der Waals surface area contributed by atoms with Gasteiger partial charge in [-0.1, -0.05) is 51.5 Å². The summed E-state index contributed by atoms with van der Waals surface area (Å²) in [5.74, 6) is 0. The minimum absolute atomic E-state index is 0.577. The van der Waals surface area contributed by atoms with Gasteiger partial charge in [-0.05, 0) is 36.9 Å². The molecular weight excluding hydrogens is 244 g/mol. The van der Waals surface area contributed by atoms with Gasteiger partial charge in [-0.2, -0.15) is 0 Å². The van der Waals surface area contributed by atoms with Crippen LogP contribution in [0.1, 0.15) is 51.2 Å². The van der Waals surface area contributed by atoms with Crippen LogP contribution in [0, 0.1) is 0 Å². The van der Waals surface area contributed by atoms with E-state index in [1.165, 1.54) is 37.8 Å². The molecule has 1 aliphatic rings. The molecule has 1 heterocycles. The number of nitrogens with one attached hydrogen (secondary N) is 1. The minimum Gasteiger partial charge on any atom is -0.313 e. The highest BCUT2D eigenvalue weighted by atomic mass is 15.2. The molecule has 0 saturated carbocycles. The topological polar surface area (TPSA) is 15.3 Å². The number of fused-ring (bicyclic) bond motifs is 1. The lowest BCUT2D eigenvalue weighted by molar-refractivity contribution is 0.173. The van der Waals surface area contributed by atoms with Crippen molar-refractivity contribution in [2.24, 2.45) is 0 Å². The van der Waals surface area contributed by atoms with Crippen LogP contribution in [0.25, 0.3) is 0 Å². The molecule has 20 heavy (non-hydrogen) atoms. The first-order chi connectivity index (χ1) is 9.70. The fourth-order valence-corrected chi connectivity index (χ4v) is 3.16. The Bertz CT molecular complexity index is 400. The van der Waals surface area contributed by atoms with Crippen molar-refractivity contribution < 1.29 is 0 Å². The average molecular weight is 274 g/mol. The fourth-order valence-electron chi connectivity index (χ4n) is 3.16. The molecule has 1 atom stereocenters. The Morgan fingerprint density at radius 3 is 2.65 bits per heavy atom. The monoisotopic (exact) mass is 274 g/mol. The summed E-state index contributed by atoms with van der Waals surface area (Å²) in [6.45, 7) is 10.3. The van der Waals surface area contributed by atoms with E-state index in [2.05, 4.69) is 55.3 Å². The lowest BCUT2D eigenvalue weighted by atomic mass is 10.0. The summed E-state index contributed by atoms with van der Waals surface area (Å²) < 4.78 is 0. The highest BCUT2D eigenvalue weighted by Gasteiger charge is 2.21. The van der Waals surface area contributed by atoms with E-state index in [1.54, 1.807) is 5.56 Å². The van der Waals surface area contributed by atoms with Crippen LogP contribution < -0.4 is 5.32 Å². The lowest BCUT2D eigenvalue weighted by Gasteiger charge is -2.31. The predicted molar refractivity (Wildman–Crippen MR) is 87.0 cm³/mol. The number of hydrogen-bond donors (Lipinski definition) is 1. The average Bonchev–Trinajstić information content (AvgIpc) is 2.65. The van der Waals surface area contributed by atoms with Gasteiger partial charge in [0.15, 0.2) is 0 Å². The summed E-state index contributed by atoms with van der Waals surface area (Å²) in [6, 6.07) is 10.2. The lowest BCUT2D eigenvalue weighted by Crippen LogP contribution is -2.43. The highest BCUT2D eigenvalue weighted by Crippen LogP contribution is 2.21. The number of aryl methyl sites for hydroxylation is 1. The van der Waals surface area contributed by atoms with E-state index in [1.807, 2.05) is 0 Å². The summed E-state index contributed by atoms with van der Waals surface area (Å²) in [5.41, 5.74) is 3.10. The molecule has 1 aliphatic heterocycles. The molecule has 1 aromatic rings. The van der Waals surface area contributed by atoms with E-state index in [9.17, 15) is 0 Å². The third kappa shape index (κ3) is 4.32. The number of hydrogen-bond acceptors (Lipinski definition) is 2. The smallest absolute Gasteiger partial charge is 0.0239 e. The van der Waals surface area contributed by atoms with Crippen molar-refractivity contribution in [3.63, 3.8) is 0 Å². The standard InChI is InChI=1S/C18H30N2/c1-4-8-18(13-19-15(2)3)20-12-7-11-16-9-5-6-10-17(16)14-20/h5-6,9-10,15,18-19H,4,7-8,11-14H2,1-3H3. The molecule has 1 N–H and O–H groups in total. The first-order valence-corrected chi connectivity index (χ1v) is 8.25. The van der Waals surface area contributed by atoms with Crippen LogP contribution in [0.5, 0.6) is 0 Å². The summed E-state index contributed by atoms with van der Waals surface area (Å²) in [5, 5.41) is 3.63. The van der Waals surface area contributed by atoms with Crippen molar-refractivity contribution in [3.05, 3.63) is 35.4 Å². The molecule has 1 aromatic carbocycles. The fraction of sp³-hybridized carbons (Fsp3) is 0.667. The maximum atomic E-state index is 3.63. The normalized spacial score (nSPS) is 17.8. The molecule has 2 rings (SSSR count). The van der Waals surface area contributed by atoms with Crippen LogP contribution in [0.4, 0.5) is 0 Å². The molecule has 112 valence electrons. The second kappa shape index (κ2) is 7.80. The Kier molecular flexibility index (Phi) is 6.06. The largest absolute Gasteiger partial charge is 0.313 e. The minimum atomic E-state index is 0.577. The van der Waals surface area contributed by atoms with Gasteiger partial charge in [0, 0.05) is 25.2 Å². The molecule has 0 saturated heterocycles. The molecule has 0 spiro atoms. The second-order valence-corrected chi connectivity index (χ2v) is 6.35. The zero-order valence-electron chi connectivity index (χ0n) is 13.4. The van der Waals surface area contributed by atoms with Gasteiger partial charge < -0.3 is 5.32 Å². The van der Waals surface area contributed by atoms with Gasteiger partial charge in [0.2, 0.25) is 0 Å². The van der Waals surface area contributed by atoms with Gasteiger partial charge in [-0.15, -0.1) is 0 Å². The Morgan fingerprint density at radius 1 is 1.20 bits per heavy atom. The first-order valence-electron chi connectivity index (χ1n) is 8.25. The maximum absolute atomic E-state index is 3.63. The predicted octanol–water partition coefficient (Wildman–Crippen LogP) is 3.60. The molecule has 0 aliphatic carbocycles. The number of benzene rings is 1. The zero-order valence-corrected chi connectivity index (χ0v) is 13.4. The van der Waals surface area contributed by atoms with E-state index in [-0.39, 0.29) is 0 Å². The molecule has 2 nitrogen and oxygen atoms in total. The Labute approximate surface area is 124 Å². The van der Waals surface area contributed by atoms with Crippen LogP contribution in [0.15, 0.2) is 24.3 Å². The first kappa shape index (κ1) is 15.5. The van der Waals surface area contributed by atoms with Gasteiger partial charge in [-0.25, -0.2) is 0 Å².